The molecule has 1 aromatic carbocycles. The number of nitrogens with zero attached hydrogens (tertiary/aromatic N) is 2. The zero-order valence-electron chi connectivity index (χ0n) is 11.2. The SMILES string of the molecule is CNc1cc(COC)nc(-c2ccc(Br)cc2C)n1. The van der Waals surface area contributed by atoms with E-state index in [9.17, 15) is 0 Å². The molecule has 2 rings (SSSR count). The Balaban J connectivity index is 2.51. The maximum Gasteiger partial charge on any atom is 0.162 e. The third-order valence-corrected chi connectivity index (χ3v) is 3.25. The first-order valence-corrected chi connectivity index (χ1v) is 6.74. The fourth-order valence-corrected chi connectivity index (χ4v) is 2.32. The molecule has 0 aliphatic carbocycles. The van der Waals surface area contributed by atoms with Gasteiger partial charge in [0.05, 0.1) is 12.3 Å². The van der Waals surface area contributed by atoms with Crippen molar-refractivity contribution in [2.24, 2.45) is 0 Å². The molecule has 100 valence electrons. The molecule has 19 heavy (non-hydrogen) atoms. The van der Waals surface area contributed by atoms with Crippen LogP contribution in [0.4, 0.5) is 5.82 Å². The summed E-state index contributed by atoms with van der Waals surface area (Å²) in [6.45, 7) is 2.52. The second-order valence-electron chi connectivity index (χ2n) is 4.21. The predicted molar refractivity (Wildman–Crippen MR) is 80.2 cm³/mol. The van der Waals surface area contributed by atoms with Crippen molar-refractivity contribution in [2.75, 3.05) is 19.5 Å². The van der Waals surface area contributed by atoms with E-state index in [0.717, 1.165) is 27.1 Å². The number of benzene rings is 1. The van der Waals surface area contributed by atoms with Crippen molar-refractivity contribution >= 4 is 21.7 Å². The highest BCUT2D eigenvalue weighted by atomic mass is 79.9. The molecule has 0 saturated carbocycles. The molecule has 0 aliphatic heterocycles. The zero-order valence-corrected chi connectivity index (χ0v) is 12.8. The summed E-state index contributed by atoms with van der Waals surface area (Å²) in [6, 6.07) is 7.96. The lowest BCUT2D eigenvalue weighted by Gasteiger charge is -2.09. The van der Waals surface area contributed by atoms with Crippen molar-refractivity contribution in [3.63, 3.8) is 0 Å². The number of anilines is 1. The van der Waals surface area contributed by atoms with Gasteiger partial charge in [-0.15, -0.1) is 0 Å². The molecule has 0 radical (unpaired) electrons. The number of nitrogens with one attached hydrogen (secondary N) is 1. The van der Waals surface area contributed by atoms with Crippen molar-refractivity contribution in [1.82, 2.24) is 9.97 Å². The van der Waals surface area contributed by atoms with Crippen molar-refractivity contribution in [3.05, 3.63) is 40.0 Å². The van der Waals surface area contributed by atoms with Gasteiger partial charge in [0, 0.05) is 30.3 Å². The van der Waals surface area contributed by atoms with E-state index in [0.29, 0.717) is 12.4 Å². The van der Waals surface area contributed by atoms with Crippen LogP contribution in [0.25, 0.3) is 11.4 Å². The van der Waals surface area contributed by atoms with Gasteiger partial charge in [0.15, 0.2) is 5.82 Å². The van der Waals surface area contributed by atoms with E-state index in [-0.39, 0.29) is 0 Å². The van der Waals surface area contributed by atoms with E-state index in [4.69, 9.17) is 4.74 Å². The maximum absolute atomic E-state index is 5.14. The van der Waals surface area contributed by atoms with E-state index in [1.807, 2.05) is 32.2 Å². The monoisotopic (exact) mass is 321 g/mol. The van der Waals surface area contributed by atoms with Crippen LogP contribution in [0.2, 0.25) is 0 Å². The molecule has 1 heterocycles. The lowest BCUT2D eigenvalue weighted by atomic mass is 10.1. The van der Waals surface area contributed by atoms with Gasteiger partial charge in [-0.3, -0.25) is 0 Å². The van der Waals surface area contributed by atoms with Gasteiger partial charge in [-0.05, 0) is 30.7 Å². The van der Waals surface area contributed by atoms with Crippen LogP contribution in [0, 0.1) is 6.92 Å². The standard InChI is InChI=1S/C14H16BrN3O/c1-9-6-10(15)4-5-12(9)14-17-11(8-19-3)7-13(16-2)18-14/h4-7H,8H2,1-3H3,(H,16,17,18). The Hall–Kier alpha value is -1.46. The van der Waals surface area contributed by atoms with Crippen molar-refractivity contribution in [2.45, 2.75) is 13.5 Å². The number of aromatic nitrogens is 2. The normalized spacial score (nSPS) is 10.5. The summed E-state index contributed by atoms with van der Waals surface area (Å²) in [5.41, 5.74) is 3.02. The quantitative estimate of drug-likeness (QED) is 0.937. The third-order valence-electron chi connectivity index (χ3n) is 2.76. The number of hydrogen-bond donors (Lipinski definition) is 1. The molecule has 0 aliphatic rings. The van der Waals surface area contributed by atoms with Crippen LogP contribution in [0.3, 0.4) is 0 Å². The molecule has 0 atom stereocenters. The first kappa shape index (κ1) is 14.0. The van der Waals surface area contributed by atoms with Crippen LogP contribution in [0.15, 0.2) is 28.7 Å². The van der Waals surface area contributed by atoms with Crippen LogP contribution < -0.4 is 5.32 Å². The smallest absolute Gasteiger partial charge is 0.162 e. The van der Waals surface area contributed by atoms with Crippen molar-refractivity contribution < 1.29 is 4.74 Å². The fourth-order valence-electron chi connectivity index (χ4n) is 1.85. The van der Waals surface area contributed by atoms with E-state index >= 15 is 0 Å². The molecule has 1 aromatic heterocycles. The molecule has 0 spiro atoms. The number of halogens is 1. The van der Waals surface area contributed by atoms with Gasteiger partial charge in [-0.25, -0.2) is 9.97 Å². The Labute approximate surface area is 121 Å². The molecule has 0 unspecified atom stereocenters. The summed E-state index contributed by atoms with van der Waals surface area (Å²) in [5.74, 6) is 1.50. The minimum absolute atomic E-state index is 0.472. The van der Waals surface area contributed by atoms with Gasteiger partial charge in [-0.2, -0.15) is 0 Å². The number of methoxy groups -OCH3 is 1. The largest absolute Gasteiger partial charge is 0.378 e. The predicted octanol–water partition coefficient (Wildman–Crippen LogP) is 3.40. The summed E-state index contributed by atoms with van der Waals surface area (Å²) in [6.07, 6.45) is 0. The molecule has 0 bridgehead atoms. The molecule has 5 heteroatoms. The molecule has 2 aromatic rings. The number of aryl methyl sites for hydroxylation is 1. The third kappa shape index (κ3) is 3.30. The van der Waals surface area contributed by atoms with E-state index in [1.165, 1.54) is 0 Å². The van der Waals surface area contributed by atoms with Crippen LogP contribution in [-0.4, -0.2) is 24.1 Å². The minimum Gasteiger partial charge on any atom is -0.378 e. The van der Waals surface area contributed by atoms with Gasteiger partial charge in [-0.1, -0.05) is 15.9 Å². The topological polar surface area (TPSA) is 47.0 Å². The van der Waals surface area contributed by atoms with Gasteiger partial charge in [0.1, 0.15) is 5.82 Å². The Morgan fingerprint density at radius 3 is 2.68 bits per heavy atom. The average molecular weight is 322 g/mol. The van der Waals surface area contributed by atoms with Crippen molar-refractivity contribution in [3.8, 4) is 11.4 Å². The number of ether oxygens (including phenoxy) is 1. The molecular formula is C14H16BrN3O. The van der Waals surface area contributed by atoms with Gasteiger partial charge >= 0.3 is 0 Å². The molecule has 1 N–H and O–H groups in total. The average Bonchev–Trinajstić information content (AvgIpc) is 2.38. The molecule has 0 amide bonds. The first-order chi connectivity index (χ1) is 9.13. The zero-order chi connectivity index (χ0) is 13.8. The Kier molecular flexibility index (Phi) is 4.50. The summed E-state index contributed by atoms with van der Waals surface area (Å²) in [4.78, 5) is 9.04. The molecular weight excluding hydrogens is 306 g/mol. The van der Waals surface area contributed by atoms with Crippen LogP contribution in [0.5, 0.6) is 0 Å². The second-order valence-corrected chi connectivity index (χ2v) is 5.13. The lowest BCUT2D eigenvalue weighted by Crippen LogP contribution is -2.02. The van der Waals surface area contributed by atoms with Crippen LogP contribution in [0.1, 0.15) is 11.3 Å². The van der Waals surface area contributed by atoms with E-state index in [1.54, 1.807) is 7.11 Å². The Morgan fingerprint density at radius 1 is 1.26 bits per heavy atom. The van der Waals surface area contributed by atoms with E-state index < -0.39 is 0 Å². The highest BCUT2D eigenvalue weighted by molar-refractivity contribution is 9.10. The summed E-state index contributed by atoms with van der Waals surface area (Å²) >= 11 is 3.46. The maximum atomic E-state index is 5.14. The summed E-state index contributed by atoms with van der Waals surface area (Å²) in [7, 11) is 3.50. The number of rotatable bonds is 4. The number of hydrogen-bond acceptors (Lipinski definition) is 4. The van der Waals surface area contributed by atoms with Gasteiger partial charge in [0.2, 0.25) is 0 Å². The molecule has 0 fully saturated rings. The molecule has 0 saturated heterocycles. The Morgan fingerprint density at radius 2 is 2.05 bits per heavy atom. The highest BCUT2D eigenvalue weighted by Gasteiger charge is 2.09. The minimum atomic E-state index is 0.472. The first-order valence-electron chi connectivity index (χ1n) is 5.95. The molecule has 4 nitrogen and oxygen atoms in total. The Bertz CT molecular complexity index is 587. The van der Waals surface area contributed by atoms with E-state index in [2.05, 4.69) is 37.3 Å². The van der Waals surface area contributed by atoms with Gasteiger partial charge in [0.25, 0.3) is 0 Å². The van der Waals surface area contributed by atoms with Gasteiger partial charge < -0.3 is 10.1 Å². The van der Waals surface area contributed by atoms with Crippen LogP contribution in [-0.2, 0) is 11.3 Å². The van der Waals surface area contributed by atoms with Crippen LogP contribution >= 0.6 is 15.9 Å². The summed E-state index contributed by atoms with van der Waals surface area (Å²) < 4.78 is 6.19. The highest BCUT2D eigenvalue weighted by Crippen LogP contribution is 2.24. The lowest BCUT2D eigenvalue weighted by molar-refractivity contribution is 0.181. The van der Waals surface area contributed by atoms with Crippen molar-refractivity contribution in [1.29, 1.82) is 0 Å². The summed E-state index contributed by atoms with van der Waals surface area (Å²) in [5, 5.41) is 3.05. The fraction of sp³-hybridized carbons (Fsp3) is 0.286. The second kappa shape index (κ2) is 6.12.